The maximum absolute atomic E-state index is 5.48. The van der Waals surface area contributed by atoms with E-state index in [1.807, 2.05) is 16.6 Å². The normalized spacial score (nSPS) is 14.1. The van der Waals surface area contributed by atoms with E-state index in [2.05, 4.69) is 24.3 Å². The van der Waals surface area contributed by atoms with Crippen molar-refractivity contribution >= 4 is 33.1 Å². The van der Waals surface area contributed by atoms with Crippen molar-refractivity contribution in [1.82, 2.24) is 19.6 Å². The van der Waals surface area contributed by atoms with Gasteiger partial charge in [0.05, 0.1) is 11.6 Å². The van der Waals surface area contributed by atoms with Gasteiger partial charge in [-0.3, -0.25) is 0 Å². The zero-order chi connectivity index (χ0) is 16.3. The molecule has 1 aliphatic carbocycles. The van der Waals surface area contributed by atoms with Gasteiger partial charge in [-0.2, -0.15) is 4.52 Å². The summed E-state index contributed by atoms with van der Waals surface area (Å²) in [4.78, 5) is 12.1. The van der Waals surface area contributed by atoms with E-state index >= 15 is 0 Å². The summed E-state index contributed by atoms with van der Waals surface area (Å²) in [5.41, 5.74) is 2.27. The maximum Gasteiger partial charge on any atom is 0.227 e. The molecule has 0 bridgehead atoms. The number of nitrogens with one attached hydrogen (secondary N) is 1. The number of furan rings is 1. The molecular weight excluding hydrogens is 322 g/mol. The van der Waals surface area contributed by atoms with E-state index in [1.54, 1.807) is 17.6 Å². The van der Waals surface area contributed by atoms with E-state index in [9.17, 15) is 0 Å². The molecule has 0 aromatic carbocycles. The number of aryl methyl sites for hydroxylation is 2. The lowest BCUT2D eigenvalue weighted by Gasteiger charge is -2.10. The van der Waals surface area contributed by atoms with Crippen LogP contribution in [0.15, 0.2) is 22.8 Å². The fourth-order valence-corrected chi connectivity index (χ4v) is 4.58. The molecule has 0 fully saturated rings. The molecule has 0 unspecified atom stereocenters. The van der Waals surface area contributed by atoms with Crippen LogP contribution in [0.2, 0.25) is 0 Å². The van der Waals surface area contributed by atoms with Crippen LogP contribution in [0, 0.1) is 0 Å². The molecule has 122 valence electrons. The van der Waals surface area contributed by atoms with E-state index < -0.39 is 0 Å². The van der Waals surface area contributed by atoms with E-state index in [0.717, 1.165) is 34.7 Å². The molecule has 1 aliphatic rings. The average molecular weight is 339 g/mol. The van der Waals surface area contributed by atoms with Gasteiger partial charge in [0.1, 0.15) is 4.83 Å². The quantitative estimate of drug-likeness (QED) is 0.613. The Morgan fingerprint density at radius 3 is 3.00 bits per heavy atom. The van der Waals surface area contributed by atoms with Crippen LogP contribution in [0.1, 0.15) is 30.7 Å². The molecule has 0 amide bonds. The highest BCUT2D eigenvalue weighted by molar-refractivity contribution is 7.19. The molecule has 7 heteroatoms. The second-order valence-corrected chi connectivity index (χ2v) is 7.50. The van der Waals surface area contributed by atoms with Gasteiger partial charge in [0, 0.05) is 10.9 Å². The second-order valence-electron chi connectivity index (χ2n) is 6.42. The molecule has 0 aliphatic heterocycles. The van der Waals surface area contributed by atoms with E-state index in [-0.39, 0.29) is 6.04 Å². The molecule has 0 radical (unpaired) electrons. The first-order valence-electron chi connectivity index (χ1n) is 8.22. The summed E-state index contributed by atoms with van der Waals surface area (Å²) in [5, 5.41) is 9.20. The lowest BCUT2D eigenvalue weighted by Crippen LogP contribution is -2.15. The smallest absolute Gasteiger partial charge is 0.227 e. The zero-order valence-corrected chi connectivity index (χ0v) is 14.4. The monoisotopic (exact) mass is 339 g/mol. The fourth-order valence-electron chi connectivity index (χ4n) is 3.33. The fraction of sp³-hybridized carbons (Fsp3) is 0.353. The van der Waals surface area contributed by atoms with E-state index in [0.29, 0.717) is 11.6 Å². The Morgan fingerprint density at radius 2 is 2.21 bits per heavy atom. The van der Waals surface area contributed by atoms with Crippen molar-refractivity contribution < 1.29 is 4.42 Å². The van der Waals surface area contributed by atoms with Crippen LogP contribution in [0.3, 0.4) is 0 Å². The largest absolute Gasteiger partial charge is 0.461 e. The third-order valence-corrected chi connectivity index (χ3v) is 5.49. The molecule has 1 N–H and O–H groups in total. The molecule has 4 heterocycles. The number of thiophene rings is 1. The van der Waals surface area contributed by atoms with Gasteiger partial charge in [0.25, 0.3) is 0 Å². The second kappa shape index (κ2) is 5.04. The molecule has 5 rings (SSSR count). The van der Waals surface area contributed by atoms with E-state index in [1.165, 1.54) is 16.9 Å². The van der Waals surface area contributed by atoms with Crippen molar-refractivity contribution in [2.45, 2.75) is 39.2 Å². The number of anilines is 1. The van der Waals surface area contributed by atoms with Crippen LogP contribution in [0.4, 0.5) is 5.95 Å². The number of hydrogen-bond acceptors (Lipinski definition) is 6. The highest BCUT2D eigenvalue weighted by Crippen LogP contribution is 2.39. The summed E-state index contributed by atoms with van der Waals surface area (Å²) in [6.45, 7) is 4.19. The Bertz CT molecular complexity index is 1040. The van der Waals surface area contributed by atoms with Crippen LogP contribution < -0.4 is 5.32 Å². The van der Waals surface area contributed by atoms with Gasteiger partial charge >= 0.3 is 0 Å². The first-order chi connectivity index (χ1) is 11.7. The molecule has 0 saturated heterocycles. The van der Waals surface area contributed by atoms with Crippen molar-refractivity contribution in [3.8, 4) is 11.6 Å². The minimum Gasteiger partial charge on any atom is -0.461 e. The molecule has 24 heavy (non-hydrogen) atoms. The topological polar surface area (TPSA) is 68.2 Å². The molecule has 0 saturated carbocycles. The predicted molar refractivity (Wildman–Crippen MR) is 94.7 cm³/mol. The summed E-state index contributed by atoms with van der Waals surface area (Å²) in [6, 6.07) is 4.00. The first kappa shape index (κ1) is 14.0. The first-order valence-corrected chi connectivity index (χ1v) is 9.04. The van der Waals surface area contributed by atoms with Gasteiger partial charge < -0.3 is 9.73 Å². The molecule has 0 spiro atoms. The van der Waals surface area contributed by atoms with Gasteiger partial charge in [0.2, 0.25) is 11.8 Å². The predicted octanol–water partition coefficient (Wildman–Crippen LogP) is 3.91. The highest BCUT2D eigenvalue weighted by Gasteiger charge is 2.24. The van der Waals surface area contributed by atoms with Gasteiger partial charge in [-0.25, -0.2) is 9.97 Å². The Balaban J connectivity index is 1.84. The van der Waals surface area contributed by atoms with Gasteiger partial charge in [-0.05, 0) is 50.8 Å². The van der Waals surface area contributed by atoms with E-state index in [4.69, 9.17) is 14.4 Å². The Hall–Kier alpha value is -2.41. The summed E-state index contributed by atoms with van der Waals surface area (Å²) in [6.07, 6.45) is 5.11. The summed E-state index contributed by atoms with van der Waals surface area (Å²) in [7, 11) is 0. The van der Waals surface area contributed by atoms with Crippen molar-refractivity contribution in [1.29, 1.82) is 0 Å². The van der Waals surface area contributed by atoms with Crippen molar-refractivity contribution in [2.24, 2.45) is 0 Å². The van der Waals surface area contributed by atoms with Gasteiger partial charge in [-0.15, -0.1) is 16.4 Å². The maximum atomic E-state index is 5.48. The molecular formula is C17H17N5OS. The number of fused-ring (bicyclic) bond motifs is 5. The van der Waals surface area contributed by atoms with Gasteiger partial charge in [-0.1, -0.05) is 0 Å². The summed E-state index contributed by atoms with van der Waals surface area (Å²) < 4.78 is 7.30. The molecule has 4 aromatic rings. The average Bonchev–Trinajstić information content (AvgIpc) is 3.29. The van der Waals surface area contributed by atoms with Gasteiger partial charge in [0.15, 0.2) is 11.4 Å². The summed E-state index contributed by atoms with van der Waals surface area (Å²) >= 11 is 1.79. The SMILES string of the molecule is CC(C)Nc1nc2sc3c(c2c2nc(-c4ccco4)nn12)CCC3. The minimum atomic E-state index is 0.265. The number of hydrogen-bond donors (Lipinski definition) is 1. The standard InChI is InChI=1S/C17H17N5OS/c1-9(2)18-17-20-16-13(10-5-3-7-12(10)24-16)15-19-14(21-22(15)17)11-6-4-8-23-11/h4,6,8-9H,3,5,7H2,1-2H3,(H,18,20). The highest BCUT2D eigenvalue weighted by atomic mass is 32.1. The minimum absolute atomic E-state index is 0.265. The Morgan fingerprint density at radius 1 is 1.29 bits per heavy atom. The third-order valence-electron chi connectivity index (χ3n) is 4.30. The van der Waals surface area contributed by atoms with Crippen molar-refractivity contribution in [3.63, 3.8) is 0 Å². The van der Waals surface area contributed by atoms with Crippen LogP contribution in [0.25, 0.3) is 27.4 Å². The summed E-state index contributed by atoms with van der Waals surface area (Å²) in [5.74, 6) is 2.01. The molecule has 4 aromatic heterocycles. The lowest BCUT2D eigenvalue weighted by atomic mass is 10.2. The molecule has 6 nitrogen and oxygen atoms in total. The lowest BCUT2D eigenvalue weighted by molar-refractivity contribution is 0.577. The Labute approximate surface area is 142 Å². The van der Waals surface area contributed by atoms with Crippen LogP contribution in [-0.4, -0.2) is 25.6 Å². The zero-order valence-electron chi connectivity index (χ0n) is 13.5. The third kappa shape index (κ3) is 1.97. The van der Waals surface area contributed by atoms with Crippen LogP contribution >= 0.6 is 11.3 Å². The number of rotatable bonds is 3. The number of aromatic nitrogens is 4. The Kier molecular flexibility index (Phi) is 2.94. The van der Waals surface area contributed by atoms with Crippen molar-refractivity contribution in [3.05, 3.63) is 28.8 Å². The van der Waals surface area contributed by atoms with Crippen molar-refractivity contribution in [2.75, 3.05) is 5.32 Å². The molecule has 0 atom stereocenters. The number of nitrogens with zero attached hydrogens (tertiary/aromatic N) is 4. The van der Waals surface area contributed by atoms with Crippen LogP contribution in [0.5, 0.6) is 0 Å². The van der Waals surface area contributed by atoms with Crippen LogP contribution in [-0.2, 0) is 12.8 Å².